The fourth-order valence-corrected chi connectivity index (χ4v) is 2.47. The minimum atomic E-state index is -0.426. The molecule has 2 heteroatoms. The first-order chi connectivity index (χ1) is 10.2. The molecule has 2 nitrogen and oxygen atoms in total. The molecule has 2 aromatic rings. The lowest BCUT2D eigenvalue weighted by Gasteiger charge is -2.19. The van der Waals surface area contributed by atoms with Crippen molar-refractivity contribution in [2.75, 3.05) is 0 Å². The van der Waals surface area contributed by atoms with Crippen molar-refractivity contribution in [3.63, 3.8) is 0 Å². The second kappa shape index (κ2) is 7.84. The van der Waals surface area contributed by atoms with Crippen LogP contribution in [0, 0.1) is 5.92 Å². The van der Waals surface area contributed by atoms with Gasteiger partial charge in [0.2, 0.25) is 0 Å². The predicted molar refractivity (Wildman–Crippen MR) is 86.2 cm³/mol. The normalized spacial score (nSPS) is 13.7. The minimum absolute atomic E-state index is 0.263. The van der Waals surface area contributed by atoms with Crippen molar-refractivity contribution in [1.29, 1.82) is 0 Å². The lowest BCUT2D eigenvalue weighted by molar-refractivity contribution is 0.112. The maximum atomic E-state index is 10.4. The fraction of sp³-hybridized carbons (Fsp3) is 0.368. The quantitative estimate of drug-likeness (QED) is 0.796. The largest absolute Gasteiger partial charge is 0.489 e. The Bertz CT molecular complexity index is 536. The van der Waals surface area contributed by atoms with Crippen LogP contribution >= 0.6 is 0 Å². The van der Waals surface area contributed by atoms with E-state index < -0.39 is 6.10 Å². The molecule has 0 heterocycles. The third-order valence-electron chi connectivity index (χ3n) is 3.73. The van der Waals surface area contributed by atoms with Crippen LogP contribution < -0.4 is 4.74 Å². The Hall–Kier alpha value is -1.80. The van der Waals surface area contributed by atoms with E-state index in [0.29, 0.717) is 6.61 Å². The van der Waals surface area contributed by atoms with E-state index in [2.05, 4.69) is 13.8 Å². The second-order valence-electron chi connectivity index (χ2n) is 5.56. The highest BCUT2D eigenvalue weighted by Gasteiger charge is 2.15. The maximum Gasteiger partial charge on any atom is 0.120 e. The molecule has 2 aromatic carbocycles. The molecular formula is C19H24O2. The van der Waals surface area contributed by atoms with E-state index in [1.54, 1.807) is 0 Å². The molecule has 21 heavy (non-hydrogen) atoms. The first-order valence-corrected chi connectivity index (χ1v) is 7.65. The van der Waals surface area contributed by atoms with Crippen LogP contribution in [0.1, 0.15) is 43.9 Å². The highest BCUT2D eigenvalue weighted by Crippen LogP contribution is 2.27. The van der Waals surface area contributed by atoms with Crippen LogP contribution in [0.2, 0.25) is 0 Å². The van der Waals surface area contributed by atoms with Crippen molar-refractivity contribution in [3.8, 4) is 5.75 Å². The summed E-state index contributed by atoms with van der Waals surface area (Å²) in [6, 6.07) is 17.9. The summed E-state index contributed by atoms with van der Waals surface area (Å²) in [5.74, 6) is 1.07. The van der Waals surface area contributed by atoms with Gasteiger partial charge in [-0.05, 0) is 35.6 Å². The molecule has 0 amide bonds. The fourth-order valence-electron chi connectivity index (χ4n) is 2.47. The zero-order valence-electron chi connectivity index (χ0n) is 12.8. The van der Waals surface area contributed by atoms with Gasteiger partial charge in [0.1, 0.15) is 12.4 Å². The van der Waals surface area contributed by atoms with Crippen LogP contribution in [0.3, 0.4) is 0 Å². The summed E-state index contributed by atoms with van der Waals surface area (Å²) in [6.07, 6.45) is 1.68. The lowest BCUT2D eigenvalue weighted by Crippen LogP contribution is -2.09. The molecule has 0 bridgehead atoms. The zero-order chi connectivity index (χ0) is 15.1. The first-order valence-electron chi connectivity index (χ1n) is 7.65. The van der Waals surface area contributed by atoms with Crippen molar-refractivity contribution in [2.24, 2.45) is 5.92 Å². The van der Waals surface area contributed by atoms with Crippen molar-refractivity contribution >= 4 is 0 Å². The number of ether oxygens (including phenoxy) is 1. The molecular weight excluding hydrogens is 260 g/mol. The lowest BCUT2D eigenvalue weighted by atomic mass is 9.93. The van der Waals surface area contributed by atoms with Gasteiger partial charge in [-0.2, -0.15) is 0 Å². The Kier molecular flexibility index (Phi) is 5.82. The van der Waals surface area contributed by atoms with E-state index in [0.717, 1.165) is 29.7 Å². The smallest absolute Gasteiger partial charge is 0.120 e. The Morgan fingerprint density at radius 1 is 1.05 bits per heavy atom. The van der Waals surface area contributed by atoms with E-state index >= 15 is 0 Å². The van der Waals surface area contributed by atoms with Crippen LogP contribution in [0.5, 0.6) is 5.75 Å². The van der Waals surface area contributed by atoms with Gasteiger partial charge >= 0.3 is 0 Å². The van der Waals surface area contributed by atoms with Crippen LogP contribution in [0.15, 0.2) is 54.6 Å². The summed E-state index contributed by atoms with van der Waals surface area (Å²) in [4.78, 5) is 0. The van der Waals surface area contributed by atoms with E-state index in [1.165, 1.54) is 0 Å². The summed E-state index contributed by atoms with van der Waals surface area (Å²) in [5, 5.41) is 10.4. The van der Waals surface area contributed by atoms with Gasteiger partial charge in [-0.25, -0.2) is 0 Å². The predicted octanol–water partition coefficient (Wildman–Crippen LogP) is 4.74. The molecule has 2 rings (SSSR count). The molecule has 0 radical (unpaired) electrons. The van der Waals surface area contributed by atoms with E-state index in [9.17, 15) is 5.11 Å². The zero-order valence-corrected chi connectivity index (χ0v) is 12.8. The van der Waals surface area contributed by atoms with Gasteiger partial charge in [0.05, 0.1) is 6.10 Å². The van der Waals surface area contributed by atoms with Gasteiger partial charge in [0, 0.05) is 0 Å². The summed E-state index contributed by atoms with van der Waals surface area (Å²) in [6.45, 7) is 4.78. The first kappa shape index (κ1) is 15.6. The third-order valence-corrected chi connectivity index (χ3v) is 3.73. The average molecular weight is 284 g/mol. The molecule has 0 aliphatic heterocycles. The Morgan fingerprint density at radius 3 is 2.52 bits per heavy atom. The molecule has 0 aliphatic carbocycles. The van der Waals surface area contributed by atoms with Crippen molar-refractivity contribution in [1.82, 2.24) is 0 Å². The van der Waals surface area contributed by atoms with Crippen LogP contribution in [-0.4, -0.2) is 5.11 Å². The molecule has 0 fully saturated rings. The summed E-state index contributed by atoms with van der Waals surface area (Å²) in [7, 11) is 0. The van der Waals surface area contributed by atoms with Crippen LogP contribution in [0.4, 0.5) is 0 Å². The molecule has 0 saturated heterocycles. The highest BCUT2D eigenvalue weighted by molar-refractivity contribution is 5.30. The van der Waals surface area contributed by atoms with Gasteiger partial charge in [-0.1, -0.05) is 62.7 Å². The maximum absolute atomic E-state index is 10.4. The van der Waals surface area contributed by atoms with Crippen molar-refractivity contribution in [3.05, 3.63) is 65.7 Å². The average Bonchev–Trinajstić information content (AvgIpc) is 2.54. The topological polar surface area (TPSA) is 29.5 Å². The van der Waals surface area contributed by atoms with Gasteiger partial charge < -0.3 is 9.84 Å². The molecule has 0 saturated carbocycles. The Labute approximate surface area is 127 Å². The molecule has 2 unspecified atom stereocenters. The van der Waals surface area contributed by atoms with Gasteiger partial charge in [-0.15, -0.1) is 0 Å². The summed E-state index contributed by atoms with van der Waals surface area (Å²) in [5.41, 5.74) is 2.07. The molecule has 0 aromatic heterocycles. The number of aliphatic hydroxyl groups excluding tert-OH is 1. The van der Waals surface area contributed by atoms with Crippen molar-refractivity contribution in [2.45, 2.75) is 39.4 Å². The third kappa shape index (κ3) is 4.61. The van der Waals surface area contributed by atoms with E-state index in [-0.39, 0.29) is 5.92 Å². The van der Waals surface area contributed by atoms with Gasteiger partial charge in [0.25, 0.3) is 0 Å². The summed E-state index contributed by atoms with van der Waals surface area (Å²) < 4.78 is 5.81. The van der Waals surface area contributed by atoms with Gasteiger partial charge in [-0.3, -0.25) is 0 Å². The van der Waals surface area contributed by atoms with E-state index in [1.807, 2.05) is 54.6 Å². The molecule has 2 atom stereocenters. The molecule has 0 spiro atoms. The van der Waals surface area contributed by atoms with Crippen LogP contribution in [-0.2, 0) is 6.61 Å². The number of hydrogen-bond donors (Lipinski definition) is 1. The van der Waals surface area contributed by atoms with E-state index in [4.69, 9.17) is 4.74 Å². The standard InChI is InChI=1S/C19H24O2/c1-3-8-15(2)19(20)17-11-7-12-18(13-17)21-14-16-9-5-4-6-10-16/h4-7,9-13,15,19-20H,3,8,14H2,1-2H3. The van der Waals surface area contributed by atoms with Gasteiger partial charge in [0.15, 0.2) is 0 Å². The monoisotopic (exact) mass is 284 g/mol. The Morgan fingerprint density at radius 2 is 1.81 bits per heavy atom. The molecule has 112 valence electrons. The van der Waals surface area contributed by atoms with Crippen molar-refractivity contribution < 1.29 is 9.84 Å². The minimum Gasteiger partial charge on any atom is -0.489 e. The molecule has 1 N–H and O–H groups in total. The van der Waals surface area contributed by atoms with Crippen LogP contribution in [0.25, 0.3) is 0 Å². The number of benzene rings is 2. The molecule has 0 aliphatic rings. The summed E-state index contributed by atoms with van der Waals surface area (Å²) >= 11 is 0. The SMILES string of the molecule is CCCC(C)C(O)c1cccc(OCc2ccccc2)c1. The number of rotatable bonds is 7. The number of hydrogen-bond acceptors (Lipinski definition) is 2. The highest BCUT2D eigenvalue weighted by atomic mass is 16.5. The number of aliphatic hydroxyl groups is 1. The Balaban J connectivity index is 2.00. The second-order valence-corrected chi connectivity index (χ2v) is 5.56.